The summed E-state index contributed by atoms with van der Waals surface area (Å²) < 4.78 is 7.23. The van der Waals surface area contributed by atoms with E-state index in [-0.39, 0.29) is 17.6 Å². The molecule has 1 aromatic carbocycles. The first-order valence-corrected chi connectivity index (χ1v) is 10.2. The summed E-state index contributed by atoms with van der Waals surface area (Å²) in [7, 11) is 0. The molecule has 3 aromatic rings. The molecule has 28 heavy (non-hydrogen) atoms. The quantitative estimate of drug-likeness (QED) is 0.726. The number of aryl methyl sites for hydroxylation is 3. The van der Waals surface area contributed by atoms with E-state index in [4.69, 9.17) is 4.74 Å². The molecule has 1 atom stereocenters. The number of rotatable bonds is 4. The molecule has 0 saturated carbocycles. The zero-order valence-corrected chi connectivity index (χ0v) is 17.1. The van der Waals surface area contributed by atoms with E-state index in [1.54, 1.807) is 10.9 Å². The molecule has 146 valence electrons. The summed E-state index contributed by atoms with van der Waals surface area (Å²) in [6.45, 7) is 7.10. The topological polar surface area (TPSA) is 73.2 Å². The van der Waals surface area contributed by atoms with E-state index in [9.17, 15) is 9.59 Å². The second kappa shape index (κ2) is 7.48. The first-order chi connectivity index (χ1) is 13.4. The van der Waals surface area contributed by atoms with Crippen LogP contribution in [-0.4, -0.2) is 28.2 Å². The average Bonchev–Trinajstić information content (AvgIpc) is 3.29. The molecule has 0 aliphatic carbocycles. The highest BCUT2D eigenvalue weighted by atomic mass is 32.1. The van der Waals surface area contributed by atoms with Gasteiger partial charge in [0.2, 0.25) is 0 Å². The minimum absolute atomic E-state index is 0.0587. The molecule has 3 heterocycles. The van der Waals surface area contributed by atoms with Gasteiger partial charge in [0.05, 0.1) is 29.2 Å². The Morgan fingerprint density at radius 1 is 1.32 bits per heavy atom. The second-order valence-corrected chi connectivity index (χ2v) is 8.33. The van der Waals surface area contributed by atoms with Gasteiger partial charge in [-0.05, 0) is 62.4 Å². The molecule has 1 aliphatic rings. The molecule has 0 bridgehead atoms. The number of carbonyl (C=O) groups is 1. The molecule has 1 fully saturated rings. The number of nitrogens with zero attached hydrogens (tertiary/aromatic N) is 2. The minimum Gasteiger partial charge on any atom is -0.376 e. The fourth-order valence-electron chi connectivity index (χ4n) is 3.52. The number of fused-ring (bicyclic) bond motifs is 1. The lowest BCUT2D eigenvalue weighted by Gasteiger charge is -2.11. The molecule has 0 unspecified atom stereocenters. The van der Waals surface area contributed by atoms with Gasteiger partial charge < -0.3 is 10.1 Å². The van der Waals surface area contributed by atoms with Crippen LogP contribution < -0.4 is 10.9 Å². The number of thiophene rings is 1. The monoisotopic (exact) mass is 397 g/mol. The number of amides is 1. The Balaban J connectivity index is 1.65. The van der Waals surface area contributed by atoms with Crippen molar-refractivity contribution in [3.63, 3.8) is 0 Å². The molecule has 7 heteroatoms. The first-order valence-electron chi connectivity index (χ1n) is 9.43. The van der Waals surface area contributed by atoms with Crippen molar-refractivity contribution in [2.75, 3.05) is 11.9 Å². The van der Waals surface area contributed by atoms with Gasteiger partial charge in [-0.15, -0.1) is 11.3 Å². The lowest BCUT2D eigenvalue weighted by atomic mass is 10.1. The van der Waals surface area contributed by atoms with Crippen LogP contribution in [0.1, 0.15) is 39.2 Å². The van der Waals surface area contributed by atoms with Gasteiger partial charge in [-0.2, -0.15) is 0 Å². The first kappa shape index (κ1) is 18.8. The minimum atomic E-state index is -0.214. The summed E-state index contributed by atoms with van der Waals surface area (Å²) in [6, 6.07) is 5.81. The van der Waals surface area contributed by atoms with E-state index in [2.05, 4.69) is 10.3 Å². The highest BCUT2D eigenvalue weighted by Crippen LogP contribution is 2.28. The van der Waals surface area contributed by atoms with Crippen molar-refractivity contribution in [2.45, 2.75) is 46.3 Å². The van der Waals surface area contributed by atoms with E-state index >= 15 is 0 Å². The Labute approximate surface area is 167 Å². The van der Waals surface area contributed by atoms with E-state index in [1.807, 2.05) is 39.0 Å². The standard InChI is InChI=1S/C21H23N3O3S/c1-12-6-7-15(9-13(12)2)23-19(25)18-14(3)17-20(28-18)22-11-24(21(17)26)10-16-5-4-8-27-16/h6-7,9,11,16H,4-5,8,10H2,1-3H3,(H,23,25)/t16-/m1/s1. The van der Waals surface area contributed by atoms with Gasteiger partial charge in [0.25, 0.3) is 11.5 Å². The lowest BCUT2D eigenvalue weighted by molar-refractivity contribution is 0.0960. The Morgan fingerprint density at radius 3 is 2.86 bits per heavy atom. The van der Waals surface area contributed by atoms with Crippen molar-refractivity contribution < 1.29 is 9.53 Å². The van der Waals surface area contributed by atoms with E-state index < -0.39 is 0 Å². The summed E-state index contributed by atoms with van der Waals surface area (Å²) in [5.41, 5.74) is 3.60. The van der Waals surface area contributed by atoms with Crippen LogP contribution in [0.2, 0.25) is 0 Å². The predicted octanol–water partition coefficient (Wildman–Crippen LogP) is 3.81. The number of anilines is 1. The van der Waals surface area contributed by atoms with Crippen LogP contribution in [0.3, 0.4) is 0 Å². The van der Waals surface area contributed by atoms with Gasteiger partial charge in [0, 0.05) is 12.3 Å². The zero-order valence-electron chi connectivity index (χ0n) is 16.2. The van der Waals surface area contributed by atoms with Crippen LogP contribution in [0.4, 0.5) is 5.69 Å². The Morgan fingerprint density at radius 2 is 2.14 bits per heavy atom. The van der Waals surface area contributed by atoms with Crippen molar-refractivity contribution in [1.82, 2.24) is 9.55 Å². The molecular formula is C21H23N3O3S. The molecule has 0 radical (unpaired) electrons. The Hall–Kier alpha value is -2.51. The van der Waals surface area contributed by atoms with Crippen LogP contribution >= 0.6 is 11.3 Å². The van der Waals surface area contributed by atoms with E-state index in [0.29, 0.717) is 27.2 Å². The molecule has 1 amide bonds. The molecular weight excluding hydrogens is 374 g/mol. The normalized spacial score (nSPS) is 16.6. The van der Waals surface area contributed by atoms with Crippen molar-refractivity contribution >= 4 is 33.1 Å². The fraction of sp³-hybridized carbons (Fsp3) is 0.381. The van der Waals surface area contributed by atoms with Crippen LogP contribution in [0.5, 0.6) is 0 Å². The van der Waals surface area contributed by atoms with Gasteiger partial charge in [-0.25, -0.2) is 4.98 Å². The average molecular weight is 398 g/mol. The third-order valence-electron chi connectivity index (χ3n) is 5.31. The highest BCUT2D eigenvalue weighted by molar-refractivity contribution is 7.20. The molecule has 0 spiro atoms. The van der Waals surface area contributed by atoms with Crippen molar-refractivity contribution in [3.8, 4) is 0 Å². The number of hydrogen-bond acceptors (Lipinski definition) is 5. The molecule has 6 nitrogen and oxygen atoms in total. The maximum atomic E-state index is 13.0. The summed E-state index contributed by atoms with van der Waals surface area (Å²) in [6.07, 6.45) is 3.60. The summed E-state index contributed by atoms with van der Waals surface area (Å²) in [4.78, 5) is 31.3. The molecule has 1 saturated heterocycles. The Kier molecular flexibility index (Phi) is 5.03. The number of nitrogens with one attached hydrogen (secondary N) is 1. The second-order valence-electron chi connectivity index (χ2n) is 7.33. The highest BCUT2D eigenvalue weighted by Gasteiger charge is 2.22. The third-order valence-corrected chi connectivity index (χ3v) is 6.51. The van der Waals surface area contributed by atoms with Gasteiger partial charge in [-0.3, -0.25) is 14.2 Å². The number of hydrogen-bond donors (Lipinski definition) is 1. The number of benzene rings is 1. The van der Waals surface area contributed by atoms with Crippen molar-refractivity contribution in [3.05, 3.63) is 56.4 Å². The van der Waals surface area contributed by atoms with Gasteiger partial charge >= 0.3 is 0 Å². The number of aromatic nitrogens is 2. The van der Waals surface area contributed by atoms with Gasteiger partial charge in [0.15, 0.2) is 0 Å². The van der Waals surface area contributed by atoms with Crippen LogP contribution in [0, 0.1) is 20.8 Å². The van der Waals surface area contributed by atoms with Gasteiger partial charge in [0.1, 0.15) is 4.83 Å². The molecule has 4 rings (SSSR count). The van der Waals surface area contributed by atoms with E-state index in [1.165, 1.54) is 16.9 Å². The van der Waals surface area contributed by atoms with E-state index in [0.717, 1.165) is 30.7 Å². The zero-order chi connectivity index (χ0) is 19.8. The molecule has 2 aromatic heterocycles. The van der Waals surface area contributed by atoms with Crippen molar-refractivity contribution in [1.29, 1.82) is 0 Å². The fourth-order valence-corrected chi connectivity index (χ4v) is 4.56. The van der Waals surface area contributed by atoms with Crippen LogP contribution in [-0.2, 0) is 11.3 Å². The lowest BCUT2D eigenvalue weighted by Crippen LogP contribution is -2.26. The largest absolute Gasteiger partial charge is 0.376 e. The summed E-state index contributed by atoms with van der Waals surface area (Å²) in [5, 5.41) is 3.46. The van der Waals surface area contributed by atoms with Gasteiger partial charge in [-0.1, -0.05) is 6.07 Å². The van der Waals surface area contributed by atoms with Crippen LogP contribution in [0.15, 0.2) is 29.3 Å². The Bertz CT molecular complexity index is 1110. The summed E-state index contributed by atoms with van der Waals surface area (Å²) >= 11 is 1.26. The molecule has 1 aliphatic heterocycles. The van der Waals surface area contributed by atoms with Crippen molar-refractivity contribution in [2.24, 2.45) is 0 Å². The van der Waals surface area contributed by atoms with Crippen LogP contribution in [0.25, 0.3) is 10.2 Å². The number of ether oxygens (including phenoxy) is 1. The SMILES string of the molecule is Cc1ccc(NC(=O)c2sc3ncn(C[C@H]4CCCO4)c(=O)c3c2C)cc1C. The maximum absolute atomic E-state index is 13.0. The number of carbonyl (C=O) groups excluding carboxylic acids is 1. The predicted molar refractivity (Wildman–Crippen MR) is 111 cm³/mol. The third kappa shape index (κ3) is 3.47. The smallest absolute Gasteiger partial charge is 0.266 e. The summed E-state index contributed by atoms with van der Waals surface area (Å²) in [5.74, 6) is -0.214. The molecule has 1 N–H and O–H groups in total. The maximum Gasteiger partial charge on any atom is 0.266 e.